The quantitative estimate of drug-likeness (QED) is 0.626. The molecule has 0 unspecified atom stereocenters. The molecule has 3 rings (SSSR count). The number of hydrogen-bond acceptors (Lipinski definition) is 5. The third kappa shape index (κ3) is 2.54. The average Bonchev–Trinajstić information content (AvgIpc) is 2.97. The number of likely N-dealkylation sites (tertiary alicyclic amines) is 1. The van der Waals surface area contributed by atoms with Crippen LogP contribution in [0.5, 0.6) is 11.5 Å². The molecule has 0 radical (unpaired) electrons. The van der Waals surface area contributed by atoms with E-state index in [4.69, 9.17) is 9.47 Å². The van der Waals surface area contributed by atoms with E-state index in [1.165, 1.54) is 18.9 Å². The minimum Gasteiger partial charge on any atom is -0.486 e. The SMILES string of the molecule is O=[N+]([O-])c1cc2c(cc1C=CN1CCCC1)OCCO2. The number of nitro groups is 1. The number of rotatable bonds is 3. The maximum atomic E-state index is 11.2. The van der Waals surface area contributed by atoms with E-state index in [0.29, 0.717) is 30.3 Å². The molecule has 6 nitrogen and oxygen atoms in total. The predicted octanol–water partition coefficient (Wildman–Crippen LogP) is 2.43. The van der Waals surface area contributed by atoms with Crippen molar-refractivity contribution in [2.75, 3.05) is 26.3 Å². The Morgan fingerprint density at radius 2 is 1.80 bits per heavy atom. The Balaban J connectivity index is 1.92. The van der Waals surface area contributed by atoms with Crippen LogP contribution in [0.2, 0.25) is 0 Å². The molecule has 0 aromatic heterocycles. The Kier molecular flexibility index (Phi) is 3.45. The molecule has 1 aromatic rings. The highest BCUT2D eigenvalue weighted by molar-refractivity contribution is 5.66. The number of nitrogens with zero attached hydrogens (tertiary/aromatic N) is 2. The van der Waals surface area contributed by atoms with Crippen molar-refractivity contribution in [1.82, 2.24) is 4.90 Å². The molecule has 6 heteroatoms. The first-order valence-electron chi connectivity index (χ1n) is 6.74. The molecule has 0 aliphatic carbocycles. The van der Waals surface area contributed by atoms with E-state index >= 15 is 0 Å². The van der Waals surface area contributed by atoms with Crippen molar-refractivity contribution in [3.8, 4) is 11.5 Å². The van der Waals surface area contributed by atoms with Crippen LogP contribution in [-0.2, 0) is 0 Å². The molecular weight excluding hydrogens is 260 g/mol. The van der Waals surface area contributed by atoms with Crippen molar-refractivity contribution >= 4 is 11.8 Å². The molecule has 20 heavy (non-hydrogen) atoms. The lowest BCUT2D eigenvalue weighted by Gasteiger charge is -2.18. The molecular formula is C14H16N2O4. The lowest BCUT2D eigenvalue weighted by Crippen LogP contribution is -2.15. The highest BCUT2D eigenvalue weighted by Crippen LogP contribution is 2.37. The summed E-state index contributed by atoms with van der Waals surface area (Å²) in [5.41, 5.74) is 0.593. The highest BCUT2D eigenvalue weighted by atomic mass is 16.6. The molecule has 1 fully saturated rings. The molecule has 2 aliphatic rings. The lowest BCUT2D eigenvalue weighted by molar-refractivity contribution is -0.385. The van der Waals surface area contributed by atoms with Gasteiger partial charge in [0.05, 0.1) is 16.6 Å². The third-order valence-electron chi connectivity index (χ3n) is 3.49. The Hall–Kier alpha value is -2.24. The molecule has 2 aliphatic heterocycles. The van der Waals surface area contributed by atoms with E-state index in [2.05, 4.69) is 4.90 Å². The fraction of sp³-hybridized carbons (Fsp3) is 0.429. The van der Waals surface area contributed by atoms with Crippen LogP contribution in [0.3, 0.4) is 0 Å². The smallest absolute Gasteiger partial charge is 0.280 e. The zero-order valence-corrected chi connectivity index (χ0v) is 11.1. The zero-order chi connectivity index (χ0) is 13.9. The van der Waals surface area contributed by atoms with Gasteiger partial charge < -0.3 is 14.4 Å². The van der Waals surface area contributed by atoms with Crippen LogP contribution in [0.15, 0.2) is 18.3 Å². The van der Waals surface area contributed by atoms with Gasteiger partial charge in [0.15, 0.2) is 11.5 Å². The summed E-state index contributed by atoms with van der Waals surface area (Å²) < 4.78 is 10.9. The monoisotopic (exact) mass is 276 g/mol. The molecule has 106 valence electrons. The van der Waals surface area contributed by atoms with Crippen molar-refractivity contribution < 1.29 is 14.4 Å². The van der Waals surface area contributed by atoms with E-state index in [1.807, 2.05) is 6.20 Å². The van der Waals surface area contributed by atoms with E-state index < -0.39 is 0 Å². The summed E-state index contributed by atoms with van der Waals surface area (Å²) in [6.07, 6.45) is 6.05. The summed E-state index contributed by atoms with van der Waals surface area (Å²) in [7, 11) is 0. The first kappa shape index (κ1) is 12.8. The summed E-state index contributed by atoms with van der Waals surface area (Å²) in [4.78, 5) is 12.9. The van der Waals surface area contributed by atoms with Crippen LogP contribution in [-0.4, -0.2) is 36.1 Å². The van der Waals surface area contributed by atoms with Gasteiger partial charge in [-0.1, -0.05) is 0 Å². The number of fused-ring (bicyclic) bond motifs is 1. The number of nitro benzene ring substituents is 1. The summed E-state index contributed by atoms with van der Waals surface area (Å²) in [5.74, 6) is 1.02. The second kappa shape index (κ2) is 5.40. The Labute approximate surface area is 116 Å². The van der Waals surface area contributed by atoms with Gasteiger partial charge in [-0.2, -0.15) is 0 Å². The maximum absolute atomic E-state index is 11.2. The van der Waals surface area contributed by atoms with Crippen molar-refractivity contribution in [2.24, 2.45) is 0 Å². The van der Waals surface area contributed by atoms with Gasteiger partial charge in [-0.25, -0.2) is 0 Å². The number of benzene rings is 1. The van der Waals surface area contributed by atoms with Crippen molar-refractivity contribution in [3.63, 3.8) is 0 Å². The molecule has 0 amide bonds. The van der Waals surface area contributed by atoms with E-state index in [1.54, 1.807) is 12.1 Å². The zero-order valence-electron chi connectivity index (χ0n) is 11.1. The molecule has 0 spiro atoms. The van der Waals surface area contributed by atoms with Crippen LogP contribution in [0.4, 0.5) is 5.69 Å². The first-order valence-corrected chi connectivity index (χ1v) is 6.74. The molecule has 2 heterocycles. The Morgan fingerprint density at radius 1 is 1.15 bits per heavy atom. The van der Waals surface area contributed by atoms with Gasteiger partial charge >= 0.3 is 0 Å². The van der Waals surface area contributed by atoms with Crippen LogP contribution in [0.25, 0.3) is 6.08 Å². The molecule has 0 atom stereocenters. The second-order valence-electron chi connectivity index (χ2n) is 4.87. The van der Waals surface area contributed by atoms with Gasteiger partial charge in [-0.05, 0) is 31.2 Å². The summed E-state index contributed by atoms with van der Waals surface area (Å²) >= 11 is 0. The molecule has 1 aromatic carbocycles. The fourth-order valence-corrected chi connectivity index (χ4v) is 2.46. The lowest BCUT2D eigenvalue weighted by atomic mass is 10.1. The Bertz CT molecular complexity index is 550. The van der Waals surface area contributed by atoms with Gasteiger partial charge in [-0.3, -0.25) is 10.1 Å². The third-order valence-corrected chi connectivity index (χ3v) is 3.49. The average molecular weight is 276 g/mol. The van der Waals surface area contributed by atoms with Crippen molar-refractivity contribution in [2.45, 2.75) is 12.8 Å². The summed E-state index contributed by atoms with van der Waals surface area (Å²) in [5, 5.41) is 11.2. The standard InChI is InChI=1S/C14H16N2O4/c17-16(18)12-10-14-13(19-7-8-20-14)9-11(12)3-6-15-4-1-2-5-15/h3,6,9-10H,1-2,4-5,7-8H2. The molecule has 0 N–H and O–H groups in total. The van der Waals surface area contributed by atoms with Gasteiger partial charge in [0.25, 0.3) is 5.69 Å². The van der Waals surface area contributed by atoms with Crippen molar-refractivity contribution in [3.05, 3.63) is 34.0 Å². The van der Waals surface area contributed by atoms with Crippen LogP contribution in [0.1, 0.15) is 18.4 Å². The van der Waals surface area contributed by atoms with Gasteiger partial charge in [0.1, 0.15) is 13.2 Å². The van der Waals surface area contributed by atoms with Crippen LogP contribution < -0.4 is 9.47 Å². The normalized spacial score (nSPS) is 17.7. The fourth-order valence-electron chi connectivity index (χ4n) is 2.46. The van der Waals surface area contributed by atoms with Gasteiger partial charge in [0, 0.05) is 13.1 Å². The second-order valence-corrected chi connectivity index (χ2v) is 4.87. The van der Waals surface area contributed by atoms with Crippen LogP contribution in [0, 0.1) is 10.1 Å². The Morgan fingerprint density at radius 3 is 2.45 bits per heavy atom. The number of hydrogen-bond donors (Lipinski definition) is 0. The molecule has 1 saturated heterocycles. The molecule has 0 bridgehead atoms. The summed E-state index contributed by atoms with van der Waals surface area (Å²) in [6.45, 7) is 2.91. The van der Waals surface area contributed by atoms with Crippen LogP contribution >= 0.6 is 0 Å². The molecule has 0 saturated carbocycles. The minimum absolute atomic E-state index is 0.0460. The maximum Gasteiger partial charge on any atom is 0.280 e. The van der Waals surface area contributed by atoms with E-state index in [-0.39, 0.29) is 10.6 Å². The highest BCUT2D eigenvalue weighted by Gasteiger charge is 2.21. The van der Waals surface area contributed by atoms with Gasteiger partial charge in [0.2, 0.25) is 0 Å². The minimum atomic E-state index is -0.387. The first-order chi connectivity index (χ1) is 9.74. The predicted molar refractivity (Wildman–Crippen MR) is 73.9 cm³/mol. The van der Waals surface area contributed by atoms with E-state index in [0.717, 1.165) is 13.1 Å². The summed E-state index contributed by atoms with van der Waals surface area (Å²) in [6, 6.07) is 3.12. The van der Waals surface area contributed by atoms with Crippen molar-refractivity contribution in [1.29, 1.82) is 0 Å². The van der Waals surface area contributed by atoms with E-state index in [9.17, 15) is 10.1 Å². The van der Waals surface area contributed by atoms with Gasteiger partial charge in [-0.15, -0.1) is 0 Å². The largest absolute Gasteiger partial charge is 0.486 e. The topological polar surface area (TPSA) is 64.8 Å². The number of ether oxygens (including phenoxy) is 2.